The van der Waals surface area contributed by atoms with Crippen LogP contribution >= 0.6 is 11.3 Å². The molecule has 0 unspecified atom stereocenters. The number of hydrogen-bond donors (Lipinski definition) is 1. The van der Waals surface area contributed by atoms with Crippen LogP contribution in [0, 0.1) is 6.92 Å². The van der Waals surface area contributed by atoms with E-state index < -0.39 is 0 Å². The Kier molecular flexibility index (Phi) is 5.11. The minimum atomic E-state index is 0.857. The van der Waals surface area contributed by atoms with Gasteiger partial charge in [-0.2, -0.15) is 0 Å². The normalized spacial score (nSPS) is 14.9. The molecule has 0 bridgehead atoms. The number of hydrogen-bond acceptors (Lipinski definition) is 6. The predicted octanol–water partition coefficient (Wildman–Crippen LogP) is 5.16. The molecule has 5 nitrogen and oxygen atoms in total. The van der Waals surface area contributed by atoms with Crippen LogP contribution in [-0.4, -0.2) is 48.1 Å². The fourth-order valence-corrected chi connectivity index (χ4v) is 5.06. The highest BCUT2D eigenvalue weighted by Crippen LogP contribution is 2.40. The molecule has 1 aliphatic rings. The van der Waals surface area contributed by atoms with Crippen molar-refractivity contribution in [3.63, 3.8) is 0 Å². The van der Waals surface area contributed by atoms with E-state index in [0.29, 0.717) is 0 Å². The molecule has 0 aliphatic carbocycles. The van der Waals surface area contributed by atoms with Gasteiger partial charge < -0.3 is 15.1 Å². The van der Waals surface area contributed by atoms with E-state index in [2.05, 4.69) is 87.6 Å². The molecule has 152 valence electrons. The predicted molar refractivity (Wildman–Crippen MR) is 127 cm³/mol. The molecular formula is C24H25N5S. The van der Waals surface area contributed by atoms with E-state index in [1.165, 1.54) is 21.7 Å². The van der Waals surface area contributed by atoms with Gasteiger partial charge in [-0.15, -0.1) is 11.3 Å². The average molecular weight is 416 g/mol. The van der Waals surface area contributed by atoms with Gasteiger partial charge in [0, 0.05) is 48.0 Å². The molecule has 30 heavy (non-hydrogen) atoms. The van der Waals surface area contributed by atoms with Crippen molar-refractivity contribution in [2.75, 3.05) is 43.4 Å². The monoisotopic (exact) mass is 415 g/mol. The molecule has 1 N–H and O–H groups in total. The van der Waals surface area contributed by atoms with Crippen LogP contribution in [0.5, 0.6) is 0 Å². The van der Waals surface area contributed by atoms with Crippen molar-refractivity contribution in [1.29, 1.82) is 0 Å². The summed E-state index contributed by atoms with van der Waals surface area (Å²) in [6, 6.07) is 19.2. The zero-order chi connectivity index (χ0) is 20.5. The van der Waals surface area contributed by atoms with Crippen molar-refractivity contribution in [3.05, 3.63) is 65.8 Å². The summed E-state index contributed by atoms with van der Waals surface area (Å²) in [6.07, 6.45) is 1.65. The summed E-state index contributed by atoms with van der Waals surface area (Å²) in [5.41, 5.74) is 4.73. The molecular weight excluding hydrogens is 390 g/mol. The summed E-state index contributed by atoms with van der Waals surface area (Å²) in [5, 5.41) is 4.63. The number of piperazine rings is 1. The molecule has 0 radical (unpaired) electrons. The van der Waals surface area contributed by atoms with Crippen LogP contribution in [0.2, 0.25) is 0 Å². The highest BCUT2D eigenvalue weighted by molar-refractivity contribution is 7.19. The first-order chi connectivity index (χ1) is 14.7. The number of aryl methyl sites for hydroxylation is 1. The molecule has 2 aromatic carbocycles. The van der Waals surface area contributed by atoms with Gasteiger partial charge in [0.1, 0.15) is 17.0 Å². The number of nitrogens with zero attached hydrogens (tertiary/aromatic N) is 4. The van der Waals surface area contributed by atoms with Gasteiger partial charge in [0.15, 0.2) is 0 Å². The molecule has 1 aliphatic heterocycles. The minimum absolute atomic E-state index is 0.857. The Morgan fingerprint density at radius 3 is 2.37 bits per heavy atom. The lowest BCUT2D eigenvalue weighted by atomic mass is 10.0. The van der Waals surface area contributed by atoms with E-state index in [0.717, 1.165) is 47.9 Å². The van der Waals surface area contributed by atoms with Crippen LogP contribution < -0.4 is 10.2 Å². The molecule has 0 amide bonds. The smallest absolute Gasteiger partial charge is 0.143 e. The molecule has 1 saturated heterocycles. The number of anilines is 3. The van der Waals surface area contributed by atoms with Gasteiger partial charge in [-0.05, 0) is 43.8 Å². The van der Waals surface area contributed by atoms with E-state index in [4.69, 9.17) is 0 Å². The molecule has 0 saturated carbocycles. The Hall–Kier alpha value is -2.96. The Labute approximate surface area is 181 Å². The Morgan fingerprint density at radius 2 is 1.63 bits per heavy atom. The van der Waals surface area contributed by atoms with Gasteiger partial charge in [-0.1, -0.05) is 30.3 Å². The maximum atomic E-state index is 4.59. The lowest BCUT2D eigenvalue weighted by molar-refractivity contribution is 0.313. The maximum Gasteiger partial charge on any atom is 0.143 e. The summed E-state index contributed by atoms with van der Waals surface area (Å²) in [5.74, 6) is 0.857. The van der Waals surface area contributed by atoms with Crippen LogP contribution in [-0.2, 0) is 0 Å². The van der Waals surface area contributed by atoms with Crippen LogP contribution in [0.3, 0.4) is 0 Å². The SMILES string of the molecule is Cc1sc2ncnc(Nc3ccc(N4CCN(C)CC4)cc3)c2c1-c1ccccc1. The Balaban J connectivity index is 1.46. The third kappa shape index (κ3) is 3.64. The van der Waals surface area contributed by atoms with Gasteiger partial charge in [0.05, 0.1) is 5.39 Å². The molecule has 4 aromatic rings. The van der Waals surface area contributed by atoms with E-state index in [-0.39, 0.29) is 0 Å². The first-order valence-electron chi connectivity index (χ1n) is 10.3. The van der Waals surface area contributed by atoms with Crippen molar-refractivity contribution in [3.8, 4) is 11.1 Å². The number of thiophene rings is 1. The minimum Gasteiger partial charge on any atom is -0.369 e. The molecule has 0 spiro atoms. The van der Waals surface area contributed by atoms with Crippen LogP contribution in [0.4, 0.5) is 17.2 Å². The standard InChI is InChI=1S/C24H25N5S/c1-17-21(18-6-4-3-5-7-18)22-23(25-16-26-24(22)30-17)27-19-8-10-20(11-9-19)29-14-12-28(2)13-15-29/h3-11,16H,12-15H2,1-2H3,(H,25,26,27). The number of likely N-dealkylation sites (N-methyl/N-ethyl adjacent to an activating group) is 1. The largest absolute Gasteiger partial charge is 0.369 e. The van der Waals surface area contributed by atoms with Crippen LogP contribution in [0.1, 0.15) is 4.88 Å². The fraction of sp³-hybridized carbons (Fsp3) is 0.250. The number of fused-ring (bicyclic) bond motifs is 1. The third-order valence-corrected chi connectivity index (χ3v) is 6.74. The second kappa shape index (κ2) is 8.05. The van der Waals surface area contributed by atoms with Crippen molar-refractivity contribution < 1.29 is 0 Å². The summed E-state index contributed by atoms with van der Waals surface area (Å²) in [7, 11) is 2.18. The third-order valence-electron chi connectivity index (χ3n) is 5.73. The van der Waals surface area contributed by atoms with Crippen LogP contribution in [0.15, 0.2) is 60.9 Å². The summed E-state index contributed by atoms with van der Waals surface area (Å²) in [4.78, 5) is 16.2. The number of benzene rings is 2. The van der Waals surface area contributed by atoms with Crippen molar-refractivity contribution in [2.24, 2.45) is 0 Å². The second-order valence-electron chi connectivity index (χ2n) is 7.76. The highest BCUT2D eigenvalue weighted by Gasteiger charge is 2.17. The summed E-state index contributed by atoms with van der Waals surface area (Å²) in [6.45, 7) is 6.52. The maximum absolute atomic E-state index is 4.59. The van der Waals surface area contributed by atoms with E-state index >= 15 is 0 Å². The van der Waals surface area contributed by atoms with Gasteiger partial charge >= 0.3 is 0 Å². The van der Waals surface area contributed by atoms with E-state index in [1.54, 1.807) is 17.7 Å². The molecule has 6 heteroatoms. The lowest BCUT2D eigenvalue weighted by Crippen LogP contribution is -2.44. The summed E-state index contributed by atoms with van der Waals surface area (Å²) >= 11 is 1.72. The number of nitrogens with one attached hydrogen (secondary N) is 1. The Bertz CT molecular complexity index is 1150. The van der Waals surface area contributed by atoms with Crippen molar-refractivity contribution >= 4 is 38.7 Å². The van der Waals surface area contributed by atoms with Crippen molar-refractivity contribution in [2.45, 2.75) is 6.92 Å². The summed E-state index contributed by atoms with van der Waals surface area (Å²) < 4.78 is 0. The topological polar surface area (TPSA) is 44.3 Å². The lowest BCUT2D eigenvalue weighted by Gasteiger charge is -2.34. The van der Waals surface area contributed by atoms with Gasteiger partial charge in [0.25, 0.3) is 0 Å². The van der Waals surface area contributed by atoms with Gasteiger partial charge in [-0.3, -0.25) is 0 Å². The van der Waals surface area contributed by atoms with Gasteiger partial charge in [-0.25, -0.2) is 9.97 Å². The van der Waals surface area contributed by atoms with Gasteiger partial charge in [0.2, 0.25) is 0 Å². The molecule has 5 rings (SSSR count). The number of rotatable bonds is 4. The first-order valence-corrected chi connectivity index (χ1v) is 11.1. The van der Waals surface area contributed by atoms with Crippen molar-refractivity contribution in [1.82, 2.24) is 14.9 Å². The average Bonchev–Trinajstić information content (AvgIpc) is 3.12. The second-order valence-corrected chi connectivity index (χ2v) is 8.97. The molecule has 2 aromatic heterocycles. The fourth-order valence-electron chi connectivity index (χ4n) is 4.05. The molecule has 1 fully saturated rings. The zero-order valence-corrected chi connectivity index (χ0v) is 18.1. The number of aromatic nitrogens is 2. The molecule has 3 heterocycles. The van der Waals surface area contributed by atoms with E-state index in [9.17, 15) is 0 Å². The Morgan fingerprint density at radius 1 is 0.900 bits per heavy atom. The zero-order valence-electron chi connectivity index (χ0n) is 17.3. The molecule has 0 atom stereocenters. The highest BCUT2D eigenvalue weighted by atomic mass is 32.1. The quantitative estimate of drug-likeness (QED) is 0.499. The van der Waals surface area contributed by atoms with E-state index in [1.807, 2.05) is 6.07 Å². The first kappa shape index (κ1) is 19.0. The van der Waals surface area contributed by atoms with Crippen LogP contribution in [0.25, 0.3) is 21.3 Å².